The maximum atomic E-state index is 13.0. The van der Waals surface area contributed by atoms with Gasteiger partial charge in [-0.15, -0.1) is 11.3 Å². The number of nitrogens with one attached hydrogen (secondary N) is 1. The molecule has 4 rings (SSSR count). The van der Waals surface area contributed by atoms with E-state index in [1.165, 1.54) is 36.4 Å². The van der Waals surface area contributed by atoms with Gasteiger partial charge in [0.15, 0.2) is 0 Å². The lowest BCUT2D eigenvalue weighted by Crippen LogP contribution is -2.50. The lowest BCUT2D eigenvalue weighted by atomic mass is 10.2. The molecule has 1 N–H and O–H groups in total. The highest BCUT2D eigenvalue weighted by molar-refractivity contribution is 7.21. The Morgan fingerprint density at radius 3 is 2.21 bits per heavy atom. The SMILES string of the molecule is O=C(CN1CCN(C(=O)c2sc3cc([N+](=O)[O-])ccc3c2Cl)CC1)Nc1ccc([N+](=O)[O-])cc1. The van der Waals surface area contributed by atoms with Crippen molar-refractivity contribution in [3.63, 3.8) is 0 Å². The third-order valence-corrected chi connectivity index (χ3v) is 7.05. The number of non-ortho nitro benzene ring substituents is 2. The average molecular weight is 504 g/mol. The molecule has 1 saturated heterocycles. The predicted molar refractivity (Wildman–Crippen MR) is 128 cm³/mol. The molecular formula is C21H18ClN5O6S. The normalized spacial score (nSPS) is 14.2. The lowest BCUT2D eigenvalue weighted by molar-refractivity contribution is -0.385. The number of nitro benzene ring substituents is 2. The molecule has 2 amide bonds. The Hall–Kier alpha value is -3.61. The van der Waals surface area contributed by atoms with Crippen LogP contribution in [0.1, 0.15) is 9.67 Å². The van der Waals surface area contributed by atoms with E-state index >= 15 is 0 Å². The van der Waals surface area contributed by atoms with Crippen LogP contribution in [0.15, 0.2) is 42.5 Å². The first-order valence-electron chi connectivity index (χ1n) is 10.2. The van der Waals surface area contributed by atoms with Crippen LogP contribution >= 0.6 is 22.9 Å². The molecule has 0 radical (unpaired) electrons. The summed E-state index contributed by atoms with van der Waals surface area (Å²) >= 11 is 7.52. The van der Waals surface area contributed by atoms with Gasteiger partial charge in [-0.3, -0.25) is 34.7 Å². The number of hydrogen-bond donors (Lipinski definition) is 1. The molecule has 11 nitrogen and oxygen atoms in total. The number of carbonyl (C=O) groups excluding carboxylic acids is 2. The van der Waals surface area contributed by atoms with Crippen LogP contribution in [0.4, 0.5) is 17.1 Å². The molecule has 34 heavy (non-hydrogen) atoms. The Kier molecular flexibility index (Phi) is 6.72. The molecular weight excluding hydrogens is 486 g/mol. The van der Waals surface area contributed by atoms with Gasteiger partial charge in [-0.05, 0) is 18.2 Å². The Balaban J connectivity index is 1.34. The second-order valence-electron chi connectivity index (χ2n) is 7.60. The minimum atomic E-state index is -0.512. The third-order valence-electron chi connectivity index (χ3n) is 5.41. The van der Waals surface area contributed by atoms with Gasteiger partial charge in [0.1, 0.15) is 4.88 Å². The number of nitro groups is 2. The summed E-state index contributed by atoms with van der Waals surface area (Å²) in [4.78, 5) is 50.0. The zero-order valence-electron chi connectivity index (χ0n) is 17.6. The van der Waals surface area contributed by atoms with Gasteiger partial charge in [-0.1, -0.05) is 11.6 Å². The summed E-state index contributed by atoms with van der Waals surface area (Å²) < 4.78 is 0.573. The van der Waals surface area contributed by atoms with Crippen molar-refractivity contribution in [2.24, 2.45) is 0 Å². The van der Waals surface area contributed by atoms with Gasteiger partial charge in [0, 0.05) is 66.2 Å². The number of anilines is 1. The van der Waals surface area contributed by atoms with E-state index < -0.39 is 9.85 Å². The fraction of sp³-hybridized carbons (Fsp3) is 0.238. The summed E-state index contributed by atoms with van der Waals surface area (Å²) in [6.45, 7) is 1.87. The molecule has 0 saturated carbocycles. The highest BCUT2D eigenvalue weighted by Crippen LogP contribution is 2.38. The maximum absolute atomic E-state index is 13.0. The number of benzene rings is 2. The average Bonchev–Trinajstić information content (AvgIpc) is 3.15. The summed E-state index contributed by atoms with van der Waals surface area (Å²) in [5.41, 5.74) is 0.338. The van der Waals surface area contributed by atoms with Crippen molar-refractivity contribution < 1.29 is 19.4 Å². The topological polar surface area (TPSA) is 139 Å². The van der Waals surface area contributed by atoms with Crippen LogP contribution in [0.3, 0.4) is 0 Å². The smallest absolute Gasteiger partial charge is 0.270 e. The summed E-state index contributed by atoms with van der Waals surface area (Å²) in [7, 11) is 0. The monoisotopic (exact) mass is 503 g/mol. The molecule has 13 heteroatoms. The molecule has 1 aromatic heterocycles. The van der Waals surface area contributed by atoms with E-state index in [1.54, 1.807) is 11.0 Å². The highest BCUT2D eigenvalue weighted by atomic mass is 35.5. The van der Waals surface area contributed by atoms with Crippen LogP contribution in [0, 0.1) is 20.2 Å². The summed E-state index contributed by atoms with van der Waals surface area (Å²) in [6.07, 6.45) is 0. The summed E-state index contributed by atoms with van der Waals surface area (Å²) in [5.74, 6) is -0.508. The second-order valence-corrected chi connectivity index (χ2v) is 9.03. The van der Waals surface area contributed by atoms with Crippen LogP contribution in [0.5, 0.6) is 0 Å². The number of rotatable bonds is 6. The molecule has 0 spiro atoms. The predicted octanol–water partition coefficient (Wildman–Crippen LogP) is 3.77. The summed E-state index contributed by atoms with van der Waals surface area (Å²) in [5, 5.41) is 25.3. The first-order chi connectivity index (χ1) is 16.2. The molecule has 0 bridgehead atoms. The van der Waals surface area contributed by atoms with Crippen molar-refractivity contribution >= 4 is 61.9 Å². The van der Waals surface area contributed by atoms with E-state index in [4.69, 9.17) is 11.6 Å². The van der Waals surface area contributed by atoms with E-state index in [0.717, 1.165) is 11.3 Å². The standard InChI is InChI=1S/C21H18ClN5O6S/c22-19-16-6-5-15(27(32)33)11-17(16)34-20(19)21(29)25-9-7-24(8-10-25)12-18(28)23-13-1-3-14(4-2-13)26(30)31/h1-6,11H,7-10,12H2,(H,23,28). The fourth-order valence-electron chi connectivity index (χ4n) is 3.63. The first kappa shape index (κ1) is 23.5. The fourth-order valence-corrected chi connectivity index (χ4v) is 5.14. The quantitative estimate of drug-likeness (QED) is 0.399. The molecule has 3 aromatic rings. The first-order valence-corrected chi connectivity index (χ1v) is 11.3. The van der Waals surface area contributed by atoms with Gasteiger partial charge >= 0.3 is 0 Å². The Morgan fingerprint density at radius 1 is 0.971 bits per heavy atom. The van der Waals surface area contributed by atoms with Gasteiger partial charge in [0.25, 0.3) is 17.3 Å². The number of thiophene rings is 1. The van der Waals surface area contributed by atoms with Crippen molar-refractivity contribution in [3.05, 3.63) is 72.6 Å². The van der Waals surface area contributed by atoms with Crippen LogP contribution < -0.4 is 5.32 Å². The van der Waals surface area contributed by atoms with Gasteiger partial charge < -0.3 is 10.2 Å². The van der Waals surface area contributed by atoms with Gasteiger partial charge in [-0.2, -0.15) is 0 Å². The highest BCUT2D eigenvalue weighted by Gasteiger charge is 2.27. The Morgan fingerprint density at radius 2 is 1.59 bits per heavy atom. The molecule has 176 valence electrons. The number of hydrogen-bond acceptors (Lipinski definition) is 8. The van der Waals surface area contributed by atoms with E-state index in [9.17, 15) is 29.8 Å². The number of carbonyl (C=O) groups is 2. The molecule has 2 aromatic carbocycles. The van der Waals surface area contributed by atoms with E-state index in [-0.39, 0.29) is 34.8 Å². The van der Waals surface area contributed by atoms with Crippen LogP contribution in [0.25, 0.3) is 10.1 Å². The van der Waals surface area contributed by atoms with E-state index in [2.05, 4.69) is 5.32 Å². The van der Waals surface area contributed by atoms with E-state index in [0.29, 0.717) is 46.8 Å². The molecule has 1 aliphatic heterocycles. The maximum Gasteiger partial charge on any atom is 0.270 e. The Labute approximate surface area is 201 Å². The second kappa shape index (κ2) is 9.71. The minimum Gasteiger partial charge on any atom is -0.335 e. The molecule has 0 atom stereocenters. The largest absolute Gasteiger partial charge is 0.335 e. The molecule has 1 aliphatic rings. The lowest BCUT2D eigenvalue weighted by Gasteiger charge is -2.34. The summed E-state index contributed by atoms with van der Waals surface area (Å²) in [6, 6.07) is 9.88. The number of halogens is 1. The minimum absolute atomic E-state index is 0.0595. The molecule has 2 heterocycles. The van der Waals surface area contributed by atoms with Crippen LogP contribution in [-0.2, 0) is 4.79 Å². The van der Waals surface area contributed by atoms with Crippen molar-refractivity contribution in [3.8, 4) is 0 Å². The molecule has 0 unspecified atom stereocenters. The molecule has 0 aliphatic carbocycles. The van der Waals surface area contributed by atoms with Crippen LogP contribution in [-0.4, -0.2) is 64.2 Å². The number of fused-ring (bicyclic) bond motifs is 1. The van der Waals surface area contributed by atoms with Crippen molar-refractivity contribution in [2.75, 3.05) is 38.0 Å². The van der Waals surface area contributed by atoms with Gasteiger partial charge in [0.05, 0.1) is 21.4 Å². The van der Waals surface area contributed by atoms with Gasteiger partial charge in [0.2, 0.25) is 5.91 Å². The van der Waals surface area contributed by atoms with Crippen molar-refractivity contribution in [1.82, 2.24) is 9.80 Å². The zero-order valence-corrected chi connectivity index (χ0v) is 19.2. The number of nitrogens with zero attached hydrogens (tertiary/aromatic N) is 4. The van der Waals surface area contributed by atoms with Crippen molar-refractivity contribution in [2.45, 2.75) is 0 Å². The molecule has 1 fully saturated rings. The van der Waals surface area contributed by atoms with Crippen molar-refractivity contribution in [1.29, 1.82) is 0 Å². The number of piperazine rings is 1. The van der Waals surface area contributed by atoms with Crippen LogP contribution in [0.2, 0.25) is 5.02 Å². The third kappa shape index (κ3) is 4.98. The Bertz CT molecular complexity index is 1290. The van der Waals surface area contributed by atoms with E-state index in [1.807, 2.05) is 4.90 Å². The van der Waals surface area contributed by atoms with Gasteiger partial charge in [-0.25, -0.2) is 0 Å². The zero-order chi connectivity index (χ0) is 24.4. The number of amides is 2.